The molecule has 6 heteroatoms. The Labute approximate surface area is 150 Å². The first-order valence-electron chi connectivity index (χ1n) is 8.08. The number of aliphatic hydroxyl groups excluding tert-OH is 2. The molecule has 0 unspecified atom stereocenters. The standard InChI is InChI=1S/C20H18O6/c1-11(19(21)13-3-5-15-17(7-13)25-9-23-15)12(2)20(22)14-4-6-16-18(8-14)26-10-24-16/h3-8,19-22H,1-2,9-10H2/t19-,20-/m0/s1. The van der Waals surface area contributed by atoms with E-state index in [2.05, 4.69) is 13.2 Å². The van der Waals surface area contributed by atoms with E-state index in [1.165, 1.54) is 0 Å². The molecular weight excluding hydrogens is 336 g/mol. The number of hydrogen-bond acceptors (Lipinski definition) is 6. The highest BCUT2D eigenvalue weighted by Gasteiger charge is 2.24. The van der Waals surface area contributed by atoms with Gasteiger partial charge in [-0.3, -0.25) is 0 Å². The summed E-state index contributed by atoms with van der Waals surface area (Å²) in [6.07, 6.45) is -2.05. The zero-order valence-electron chi connectivity index (χ0n) is 14.0. The highest BCUT2D eigenvalue weighted by atomic mass is 16.7. The van der Waals surface area contributed by atoms with Gasteiger partial charge in [0.15, 0.2) is 23.0 Å². The van der Waals surface area contributed by atoms with Gasteiger partial charge in [-0.05, 0) is 46.5 Å². The van der Waals surface area contributed by atoms with Crippen LogP contribution in [-0.2, 0) is 0 Å². The number of hydrogen-bond donors (Lipinski definition) is 2. The Morgan fingerprint density at radius 3 is 1.50 bits per heavy atom. The molecule has 0 bridgehead atoms. The second-order valence-electron chi connectivity index (χ2n) is 6.08. The van der Waals surface area contributed by atoms with E-state index in [0.717, 1.165) is 0 Å². The first kappa shape index (κ1) is 16.5. The van der Waals surface area contributed by atoms with Gasteiger partial charge in [-0.15, -0.1) is 0 Å². The molecule has 6 nitrogen and oxygen atoms in total. The molecular formula is C20H18O6. The van der Waals surface area contributed by atoms with Crippen molar-refractivity contribution in [2.75, 3.05) is 13.6 Å². The monoisotopic (exact) mass is 354 g/mol. The molecule has 2 aliphatic rings. The Balaban J connectivity index is 1.52. The van der Waals surface area contributed by atoms with Crippen molar-refractivity contribution in [3.05, 3.63) is 71.8 Å². The lowest BCUT2D eigenvalue weighted by atomic mass is 9.91. The van der Waals surface area contributed by atoms with Crippen LogP contribution in [-0.4, -0.2) is 23.8 Å². The second-order valence-corrected chi connectivity index (χ2v) is 6.08. The van der Waals surface area contributed by atoms with Gasteiger partial charge in [0.2, 0.25) is 13.6 Å². The van der Waals surface area contributed by atoms with Crippen LogP contribution in [0.2, 0.25) is 0 Å². The number of ether oxygens (including phenoxy) is 4. The maximum Gasteiger partial charge on any atom is 0.231 e. The lowest BCUT2D eigenvalue weighted by Crippen LogP contribution is -2.09. The second kappa shape index (κ2) is 6.40. The summed E-state index contributed by atoms with van der Waals surface area (Å²) in [4.78, 5) is 0. The summed E-state index contributed by atoms with van der Waals surface area (Å²) in [6, 6.07) is 10.3. The molecule has 4 rings (SSSR count). The van der Waals surface area contributed by atoms with Crippen LogP contribution in [0.5, 0.6) is 23.0 Å². The summed E-state index contributed by atoms with van der Waals surface area (Å²) in [5.74, 6) is 2.39. The average Bonchev–Trinajstić information content (AvgIpc) is 3.33. The summed E-state index contributed by atoms with van der Waals surface area (Å²) >= 11 is 0. The molecule has 134 valence electrons. The smallest absolute Gasteiger partial charge is 0.231 e. The van der Waals surface area contributed by atoms with Crippen molar-refractivity contribution in [2.45, 2.75) is 12.2 Å². The molecule has 0 aliphatic carbocycles. The van der Waals surface area contributed by atoms with Gasteiger partial charge >= 0.3 is 0 Å². The van der Waals surface area contributed by atoms with E-state index in [1.54, 1.807) is 36.4 Å². The van der Waals surface area contributed by atoms with E-state index in [0.29, 0.717) is 45.3 Å². The van der Waals surface area contributed by atoms with Gasteiger partial charge in [0.25, 0.3) is 0 Å². The molecule has 0 radical (unpaired) electrons. The molecule has 2 N–H and O–H groups in total. The van der Waals surface area contributed by atoms with Crippen molar-refractivity contribution >= 4 is 0 Å². The Hall–Kier alpha value is -2.96. The number of rotatable bonds is 5. The van der Waals surface area contributed by atoms with Gasteiger partial charge in [-0.2, -0.15) is 0 Å². The van der Waals surface area contributed by atoms with Crippen molar-refractivity contribution in [3.8, 4) is 23.0 Å². The Bertz CT molecular complexity index is 814. The minimum absolute atomic E-state index is 0.158. The van der Waals surface area contributed by atoms with E-state index in [9.17, 15) is 10.2 Å². The van der Waals surface area contributed by atoms with E-state index in [-0.39, 0.29) is 13.6 Å². The van der Waals surface area contributed by atoms with Crippen LogP contribution in [0.3, 0.4) is 0 Å². The van der Waals surface area contributed by atoms with Crippen LogP contribution in [0.15, 0.2) is 60.7 Å². The summed E-state index contributed by atoms with van der Waals surface area (Å²) in [6.45, 7) is 8.13. The van der Waals surface area contributed by atoms with Crippen LogP contribution in [0, 0.1) is 0 Å². The van der Waals surface area contributed by atoms with Gasteiger partial charge in [0.05, 0.1) is 0 Å². The summed E-state index contributed by atoms with van der Waals surface area (Å²) in [5, 5.41) is 21.3. The van der Waals surface area contributed by atoms with E-state index in [4.69, 9.17) is 18.9 Å². The van der Waals surface area contributed by atoms with Crippen LogP contribution >= 0.6 is 0 Å². The van der Waals surface area contributed by atoms with E-state index >= 15 is 0 Å². The van der Waals surface area contributed by atoms with Crippen LogP contribution in [0.4, 0.5) is 0 Å². The predicted molar refractivity (Wildman–Crippen MR) is 93.3 cm³/mol. The molecule has 2 aromatic carbocycles. The first-order chi connectivity index (χ1) is 12.5. The molecule has 2 heterocycles. The quantitative estimate of drug-likeness (QED) is 0.804. The SMILES string of the molecule is C=C(C(=C)[C@H](O)c1ccc2c(c1)OCO2)[C@H](O)c1ccc2c(c1)OCO2. The minimum Gasteiger partial charge on any atom is -0.454 e. The topological polar surface area (TPSA) is 77.4 Å². The first-order valence-corrected chi connectivity index (χ1v) is 8.08. The fourth-order valence-corrected chi connectivity index (χ4v) is 2.92. The molecule has 2 atom stereocenters. The van der Waals surface area contributed by atoms with E-state index < -0.39 is 12.2 Å². The largest absolute Gasteiger partial charge is 0.454 e. The van der Waals surface area contributed by atoms with Crippen molar-refractivity contribution in [3.63, 3.8) is 0 Å². The zero-order valence-corrected chi connectivity index (χ0v) is 14.0. The van der Waals surface area contributed by atoms with Crippen molar-refractivity contribution in [1.29, 1.82) is 0 Å². The van der Waals surface area contributed by atoms with Gasteiger partial charge in [-0.1, -0.05) is 25.3 Å². The zero-order chi connectivity index (χ0) is 18.3. The third-order valence-electron chi connectivity index (χ3n) is 4.50. The maximum absolute atomic E-state index is 10.6. The molecule has 0 spiro atoms. The lowest BCUT2D eigenvalue weighted by molar-refractivity contribution is 0.173. The minimum atomic E-state index is -1.03. The predicted octanol–water partition coefficient (Wildman–Crippen LogP) is 3.02. The summed E-state index contributed by atoms with van der Waals surface area (Å²) in [5.41, 5.74) is 1.79. The fourth-order valence-electron chi connectivity index (χ4n) is 2.92. The molecule has 2 aromatic rings. The Morgan fingerprint density at radius 2 is 1.08 bits per heavy atom. The number of benzene rings is 2. The molecule has 0 amide bonds. The van der Waals surface area contributed by atoms with Gasteiger partial charge in [0, 0.05) is 0 Å². The third kappa shape index (κ3) is 2.79. The molecule has 26 heavy (non-hydrogen) atoms. The summed E-state index contributed by atoms with van der Waals surface area (Å²) < 4.78 is 21.2. The van der Waals surface area contributed by atoms with Crippen molar-refractivity contribution in [2.24, 2.45) is 0 Å². The highest BCUT2D eigenvalue weighted by molar-refractivity contribution is 5.50. The highest BCUT2D eigenvalue weighted by Crippen LogP contribution is 2.40. The lowest BCUT2D eigenvalue weighted by Gasteiger charge is -2.21. The normalized spacial score (nSPS) is 16.2. The average molecular weight is 354 g/mol. The summed E-state index contributed by atoms with van der Waals surface area (Å²) in [7, 11) is 0. The van der Waals surface area contributed by atoms with Crippen LogP contribution in [0.25, 0.3) is 0 Å². The maximum atomic E-state index is 10.6. The van der Waals surface area contributed by atoms with Crippen molar-refractivity contribution in [1.82, 2.24) is 0 Å². The Morgan fingerprint density at radius 1 is 0.692 bits per heavy atom. The molecule has 0 saturated heterocycles. The Kier molecular flexibility index (Phi) is 4.06. The van der Waals surface area contributed by atoms with Gasteiger partial charge in [-0.25, -0.2) is 0 Å². The molecule has 0 aromatic heterocycles. The van der Waals surface area contributed by atoms with Gasteiger partial charge < -0.3 is 29.2 Å². The molecule has 0 saturated carbocycles. The number of fused-ring (bicyclic) bond motifs is 2. The molecule has 0 fully saturated rings. The fraction of sp³-hybridized carbons (Fsp3) is 0.200. The number of aliphatic hydroxyl groups is 2. The van der Waals surface area contributed by atoms with Crippen LogP contribution in [0.1, 0.15) is 23.3 Å². The third-order valence-corrected chi connectivity index (χ3v) is 4.50. The van der Waals surface area contributed by atoms with Gasteiger partial charge in [0.1, 0.15) is 12.2 Å². The van der Waals surface area contributed by atoms with E-state index in [1.807, 2.05) is 0 Å². The molecule has 2 aliphatic heterocycles. The van der Waals surface area contributed by atoms with Crippen molar-refractivity contribution < 1.29 is 29.2 Å². The van der Waals surface area contributed by atoms with Crippen LogP contribution < -0.4 is 18.9 Å².